The highest BCUT2D eigenvalue weighted by atomic mass is 14.4. The molecule has 1 saturated carbocycles. The highest BCUT2D eigenvalue weighted by Gasteiger charge is 2.36. The first-order valence-electron chi connectivity index (χ1n) is 4.32. The van der Waals surface area contributed by atoms with Crippen LogP contribution in [-0.2, 0) is 0 Å². The second kappa shape index (κ2) is 2.77. The summed E-state index contributed by atoms with van der Waals surface area (Å²) in [5.74, 6) is 0. The van der Waals surface area contributed by atoms with Crippen LogP contribution in [0, 0.1) is 5.41 Å². The van der Waals surface area contributed by atoms with E-state index in [1.165, 1.54) is 25.7 Å². The highest BCUT2D eigenvalue weighted by Crippen LogP contribution is 2.49. The molecule has 0 heteroatoms. The molecule has 1 rings (SSSR count). The van der Waals surface area contributed by atoms with Gasteiger partial charge >= 0.3 is 0 Å². The molecule has 58 valence electrons. The zero-order chi connectivity index (χ0) is 7.61. The van der Waals surface area contributed by atoms with Crippen molar-refractivity contribution in [2.24, 2.45) is 5.41 Å². The van der Waals surface area contributed by atoms with Gasteiger partial charge in [-0.15, -0.1) is 0 Å². The normalized spacial score (nSPS) is 22.9. The Morgan fingerprint density at radius 3 is 2.50 bits per heavy atom. The van der Waals surface area contributed by atoms with Crippen molar-refractivity contribution in [1.82, 2.24) is 0 Å². The zero-order valence-corrected chi connectivity index (χ0v) is 7.41. The van der Waals surface area contributed by atoms with Crippen LogP contribution in [0.5, 0.6) is 0 Å². The highest BCUT2D eigenvalue weighted by molar-refractivity contribution is 5.06. The Morgan fingerprint density at radius 1 is 1.50 bits per heavy atom. The lowest BCUT2D eigenvalue weighted by Crippen LogP contribution is -1.92. The standard InChI is InChI=1S/C10H18/c1-4-5-9(2)8-10(3)6-7-10/h5H,4,6-8H2,1-3H3/b9-5-. The van der Waals surface area contributed by atoms with Gasteiger partial charge in [0, 0.05) is 0 Å². The van der Waals surface area contributed by atoms with Crippen molar-refractivity contribution in [3.63, 3.8) is 0 Å². The molecule has 0 nitrogen and oxygen atoms in total. The van der Waals surface area contributed by atoms with E-state index < -0.39 is 0 Å². The predicted octanol–water partition coefficient (Wildman–Crippen LogP) is 3.53. The Labute approximate surface area is 64.3 Å². The van der Waals surface area contributed by atoms with Crippen molar-refractivity contribution in [2.45, 2.75) is 46.5 Å². The molecule has 0 aliphatic heterocycles. The van der Waals surface area contributed by atoms with Crippen LogP contribution in [0.1, 0.15) is 46.5 Å². The molecule has 1 aliphatic carbocycles. The third kappa shape index (κ3) is 2.17. The smallest absolute Gasteiger partial charge is 0.0269 e. The summed E-state index contributed by atoms with van der Waals surface area (Å²) in [5, 5.41) is 0. The van der Waals surface area contributed by atoms with E-state index in [1.807, 2.05) is 0 Å². The number of allylic oxidation sites excluding steroid dienone is 2. The first-order valence-corrected chi connectivity index (χ1v) is 4.32. The predicted molar refractivity (Wildman–Crippen MR) is 46.0 cm³/mol. The molecule has 1 fully saturated rings. The molecule has 0 atom stereocenters. The SMILES string of the molecule is CC/C=C(/C)CC1(C)CC1. The first-order chi connectivity index (χ1) is 4.66. The van der Waals surface area contributed by atoms with Crippen molar-refractivity contribution < 1.29 is 0 Å². The summed E-state index contributed by atoms with van der Waals surface area (Å²) in [6.07, 6.45) is 7.77. The van der Waals surface area contributed by atoms with Gasteiger partial charge in [0.25, 0.3) is 0 Å². The fourth-order valence-electron chi connectivity index (χ4n) is 1.48. The van der Waals surface area contributed by atoms with Crippen molar-refractivity contribution in [3.8, 4) is 0 Å². The molecular formula is C10H18. The maximum atomic E-state index is 2.39. The second-order valence-corrected chi connectivity index (χ2v) is 3.95. The largest absolute Gasteiger partial charge is 0.0859 e. The van der Waals surface area contributed by atoms with Crippen LogP contribution in [-0.4, -0.2) is 0 Å². The van der Waals surface area contributed by atoms with Gasteiger partial charge in [-0.1, -0.05) is 25.5 Å². The van der Waals surface area contributed by atoms with E-state index in [-0.39, 0.29) is 0 Å². The topological polar surface area (TPSA) is 0 Å². The van der Waals surface area contributed by atoms with E-state index >= 15 is 0 Å². The molecule has 1 aliphatic rings. The van der Waals surface area contributed by atoms with Crippen LogP contribution in [0.25, 0.3) is 0 Å². The van der Waals surface area contributed by atoms with Crippen LogP contribution >= 0.6 is 0 Å². The first kappa shape index (κ1) is 7.84. The van der Waals surface area contributed by atoms with Crippen LogP contribution in [0.3, 0.4) is 0 Å². The summed E-state index contributed by atoms with van der Waals surface area (Å²) in [6, 6.07) is 0. The van der Waals surface area contributed by atoms with Crippen molar-refractivity contribution in [3.05, 3.63) is 11.6 Å². The molecule has 0 heterocycles. The molecule has 0 bridgehead atoms. The molecular weight excluding hydrogens is 120 g/mol. The molecule has 10 heavy (non-hydrogen) atoms. The quantitative estimate of drug-likeness (QED) is 0.523. The summed E-state index contributed by atoms with van der Waals surface area (Å²) in [4.78, 5) is 0. The fraction of sp³-hybridized carbons (Fsp3) is 0.800. The molecule has 0 aromatic rings. The molecule has 0 aromatic heterocycles. The third-order valence-electron chi connectivity index (χ3n) is 2.36. The molecule has 0 N–H and O–H groups in total. The van der Waals surface area contributed by atoms with E-state index in [1.54, 1.807) is 5.57 Å². The molecule has 0 radical (unpaired) electrons. The summed E-state index contributed by atoms with van der Waals surface area (Å²) in [7, 11) is 0. The van der Waals surface area contributed by atoms with E-state index in [0.29, 0.717) is 5.41 Å². The van der Waals surface area contributed by atoms with E-state index in [9.17, 15) is 0 Å². The van der Waals surface area contributed by atoms with Crippen LogP contribution in [0.15, 0.2) is 11.6 Å². The Bertz CT molecular complexity index is 138. The summed E-state index contributed by atoms with van der Waals surface area (Å²) >= 11 is 0. The molecule has 0 saturated heterocycles. The third-order valence-corrected chi connectivity index (χ3v) is 2.36. The van der Waals surface area contributed by atoms with Crippen molar-refractivity contribution in [1.29, 1.82) is 0 Å². The lowest BCUT2D eigenvalue weighted by atomic mass is 9.99. The van der Waals surface area contributed by atoms with Gasteiger partial charge in [0.2, 0.25) is 0 Å². The number of hydrogen-bond acceptors (Lipinski definition) is 0. The number of hydrogen-bond donors (Lipinski definition) is 0. The van der Waals surface area contributed by atoms with E-state index in [4.69, 9.17) is 0 Å². The number of rotatable bonds is 3. The Morgan fingerprint density at radius 2 is 2.10 bits per heavy atom. The van der Waals surface area contributed by atoms with Gasteiger partial charge in [0.1, 0.15) is 0 Å². The Kier molecular flexibility index (Phi) is 2.18. The second-order valence-electron chi connectivity index (χ2n) is 3.95. The van der Waals surface area contributed by atoms with Crippen molar-refractivity contribution >= 4 is 0 Å². The summed E-state index contributed by atoms with van der Waals surface area (Å²) < 4.78 is 0. The van der Waals surface area contributed by atoms with Gasteiger partial charge in [-0.2, -0.15) is 0 Å². The summed E-state index contributed by atoms with van der Waals surface area (Å²) in [6.45, 7) is 6.85. The van der Waals surface area contributed by atoms with Gasteiger partial charge in [-0.3, -0.25) is 0 Å². The summed E-state index contributed by atoms with van der Waals surface area (Å²) in [5.41, 5.74) is 2.29. The monoisotopic (exact) mass is 138 g/mol. The van der Waals surface area contributed by atoms with Gasteiger partial charge in [0.15, 0.2) is 0 Å². The van der Waals surface area contributed by atoms with Crippen LogP contribution < -0.4 is 0 Å². The maximum absolute atomic E-state index is 2.39. The Hall–Kier alpha value is -0.260. The minimum Gasteiger partial charge on any atom is -0.0859 e. The van der Waals surface area contributed by atoms with Crippen LogP contribution in [0.4, 0.5) is 0 Å². The minimum atomic E-state index is 0.704. The molecule has 0 amide bonds. The maximum Gasteiger partial charge on any atom is -0.0269 e. The average Bonchev–Trinajstić information content (AvgIpc) is 2.48. The van der Waals surface area contributed by atoms with Gasteiger partial charge in [-0.25, -0.2) is 0 Å². The van der Waals surface area contributed by atoms with Crippen LogP contribution in [0.2, 0.25) is 0 Å². The van der Waals surface area contributed by atoms with Gasteiger partial charge in [-0.05, 0) is 38.0 Å². The minimum absolute atomic E-state index is 0.704. The molecule has 0 unspecified atom stereocenters. The van der Waals surface area contributed by atoms with E-state index in [0.717, 1.165) is 0 Å². The zero-order valence-electron chi connectivity index (χ0n) is 7.41. The van der Waals surface area contributed by atoms with Gasteiger partial charge < -0.3 is 0 Å². The van der Waals surface area contributed by atoms with E-state index in [2.05, 4.69) is 26.8 Å². The van der Waals surface area contributed by atoms with Crippen molar-refractivity contribution in [2.75, 3.05) is 0 Å². The molecule has 0 spiro atoms. The Balaban J connectivity index is 2.30. The lowest BCUT2D eigenvalue weighted by molar-refractivity contribution is 0.565. The lowest BCUT2D eigenvalue weighted by Gasteiger charge is -2.06. The van der Waals surface area contributed by atoms with Gasteiger partial charge in [0.05, 0.1) is 0 Å². The average molecular weight is 138 g/mol. The molecule has 0 aromatic carbocycles. The fourth-order valence-corrected chi connectivity index (χ4v) is 1.48.